The van der Waals surface area contributed by atoms with E-state index < -0.39 is 0 Å². The topological polar surface area (TPSA) is 29.3 Å². The number of nitrogens with zero attached hydrogens (tertiary/aromatic N) is 1. The summed E-state index contributed by atoms with van der Waals surface area (Å²) in [6, 6.07) is 0.531. The Morgan fingerprint density at radius 2 is 1.88 bits per heavy atom. The molecule has 0 aromatic rings. The van der Waals surface area contributed by atoms with Gasteiger partial charge in [-0.25, -0.2) is 3.93 Å². The van der Waals surface area contributed by atoms with Gasteiger partial charge in [0.25, 0.3) is 0 Å². The van der Waals surface area contributed by atoms with Crippen molar-refractivity contribution in [3.8, 4) is 0 Å². The third kappa shape index (κ3) is 0.551. The van der Waals surface area contributed by atoms with Crippen molar-refractivity contribution in [3.05, 3.63) is 0 Å². The van der Waals surface area contributed by atoms with Crippen LogP contribution in [0.15, 0.2) is 0 Å². The Labute approximate surface area is 57.4 Å². The van der Waals surface area contributed by atoms with E-state index in [0.717, 1.165) is 24.9 Å². The molecular formula is C5H9BrN2. The zero-order valence-corrected chi connectivity index (χ0v) is 6.13. The lowest BCUT2D eigenvalue weighted by Crippen LogP contribution is -2.19. The number of piperidine rings is 1. The Balaban J connectivity index is 2.00. The molecule has 1 saturated carbocycles. The number of hydrogen-bond acceptors (Lipinski definition) is 2. The summed E-state index contributed by atoms with van der Waals surface area (Å²) in [7, 11) is 0. The largest absolute Gasteiger partial charge is 0.327 e. The van der Waals surface area contributed by atoms with Crippen molar-refractivity contribution in [2.45, 2.75) is 6.04 Å². The number of fused-ring (bicyclic) bond motifs is 1. The molecule has 1 heterocycles. The minimum absolute atomic E-state index is 0.531. The monoisotopic (exact) mass is 176 g/mol. The van der Waals surface area contributed by atoms with Crippen LogP contribution in [0.25, 0.3) is 0 Å². The first-order valence-corrected chi connectivity index (χ1v) is 3.66. The van der Waals surface area contributed by atoms with Crippen molar-refractivity contribution in [1.29, 1.82) is 0 Å². The van der Waals surface area contributed by atoms with Crippen molar-refractivity contribution in [2.24, 2.45) is 17.6 Å². The predicted molar refractivity (Wildman–Crippen MR) is 35.5 cm³/mol. The normalized spacial score (nSPS) is 54.0. The molecule has 2 nitrogen and oxygen atoms in total. The molecule has 2 N–H and O–H groups in total. The zero-order chi connectivity index (χ0) is 5.72. The molecule has 0 amide bonds. The molecule has 0 radical (unpaired) electrons. The van der Waals surface area contributed by atoms with Crippen LogP contribution in [0.2, 0.25) is 0 Å². The standard InChI is InChI=1S/C5H9BrN2/c6-8-1-3-4(2-8)5(3)7/h3-5H,1-2,7H2/t3-,4+,5+. The second-order valence-corrected chi connectivity index (χ2v) is 3.74. The number of nitrogens with two attached hydrogens (primary N) is 1. The van der Waals surface area contributed by atoms with Gasteiger partial charge in [0.15, 0.2) is 0 Å². The molecule has 0 spiro atoms. The first kappa shape index (κ1) is 5.21. The van der Waals surface area contributed by atoms with Crippen LogP contribution in [0.1, 0.15) is 0 Å². The number of hydrogen-bond donors (Lipinski definition) is 1. The quantitative estimate of drug-likeness (QED) is 0.535. The molecule has 3 heteroatoms. The Kier molecular flexibility index (Phi) is 0.951. The SMILES string of the molecule is N[C@@H]1[C@H]2CN(Br)C[C@@H]12. The van der Waals surface area contributed by atoms with E-state index in [1.807, 2.05) is 0 Å². The van der Waals surface area contributed by atoms with Crippen LogP contribution in [0.5, 0.6) is 0 Å². The van der Waals surface area contributed by atoms with E-state index in [1.54, 1.807) is 0 Å². The van der Waals surface area contributed by atoms with E-state index in [2.05, 4.69) is 20.1 Å². The van der Waals surface area contributed by atoms with Gasteiger partial charge in [-0.15, -0.1) is 0 Å². The maximum Gasteiger partial charge on any atom is 0.0139 e. The third-order valence-corrected chi connectivity index (χ3v) is 2.79. The molecule has 1 aliphatic carbocycles. The molecular weight excluding hydrogens is 168 g/mol. The number of halogens is 1. The van der Waals surface area contributed by atoms with Crippen LogP contribution in [-0.4, -0.2) is 23.1 Å². The van der Waals surface area contributed by atoms with Crippen molar-refractivity contribution in [2.75, 3.05) is 13.1 Å². The first-order chi connectivity index (χ1) is 3.79. The van der Waals surface area contributed by atoms with E-state index in [9.17, 15) is 0 Å². The fourth-order valence-electron chi connectivity index (χ4n) is 1.52. The van der Waals surface area contributed by atoms with Crippen LogP contribution < -0.4 is 5.73 Å². The Morgan fingerprint density at radius 1 is 1.38 bits per heavy atom. The summed E-state index contributed by atoms with van der Waals surface area (Å²) in [4.78, 5) is 0. The molecule has 0 aromatic carbocycles. The highest BCUT2D eigenvalue weighted by Crippen LogP contribution is 2.44. The van der Waals surface area contributed by atoms with Gasteiger partial charge >= 0.3 is 0 Å². The molecule has 1 aliphatic heterocycles. The van der Waals surface area contributed by atoms with Crippen molar-refractivity contribution >= 4 is 16.1 Å². The molecule has 0 aromatic heterocycles. The van der Waals surface area contributed by atoms with Gasteiger partial charge in [0.05, 0.1) is 0 Å². The lowest BCUT2D eigenvalue weighted by molar-refractivity contribution is 0.513. The molecule has 0 bridgehead atoms. The fourth-order valence-corrected chi connectivity index (χ4v) is 2.19. The van der Waals surface area contributed by atoms with Gasteiger partial charge in [-0.3, -0.25) is 0 Å². The fraction of sp³-hybridized carbons (Fsp3) is 1.00. The maximum absolute atomic E-state index is 5.69. The summed E-state index contributed by atoms with van der Waals surface area (Å²) < 4.78 is 2.17. The van der Waals surface area contributed by atoms with Gasteiger partial charge in [-0.05, 0) is 11.8 Å². The highest BCUT2D eigenvalue weighted by Gasteiger charge is 2.52. The molecule has 2 aliphatic rings. The van der Waals surface area contributed by atoms with Crippen molar-refractivity contribution in [1.82, 2.24) is 3.93 Å². The minimum Gasteiger partial charge on any atom is -0.327 e. The lowest BCUT2D eigenvalue weighted by Gasteiger charge is -2.06. The van der Waals surface area contributed by atoms with Crippen LogP contribution >= 0.6 is 16.1 Å². The van der Waals surface area contributed by atoms with E-state index >= 15 is 0 Å². The van der Waals surface area contributed by atoms with Crippen LogP contribution in [-0.2, 0) is 0 Å². The van der Waals surface area contributed by atoms with Crippen molar-refractivity contribution in [3.63, 3.8) is 0 Å². The molecule has 46 valence electrons. The van der Waals surface area contributed by atoms with Crippen molar-refractivity contribution < 1.29 is 0 Å². The Hall–Kier alpha value is 0.400. The second kappa shape index (κ2) is 1.46. The van der Waals surface area contributed by atoms with Gasteiger partial charge in [-0.1, -0.05) is 0 Å². The van der Waals surface area contributed by atoms with Crippen LogP contribution in [0.3, 0.4) is 0 Å². The van der Waals surface area contributed by atoms with Gasteiger partial charge in [0.2, 0.25) is 0 Å². The van der Waals surface area contributed by atoms with Crippen LogP contribution in [0.4, 0.5) is 0 Å². The highest BCUT2D eigenvalue weighted by molar-refractivity contribution is 9.07. The maximum atomic E-state index is 5.69. The summed E-state index contributed by atoms with van der Waals surface area (Å²) in [5.41, 5.74) is 5.69. The van der Waals surface area contributed by atoms with Gasteiger partial charge in [0, 0.05) is 35.3 Å². The molecule has 2 rings (SSSR count). The molecule has 0 unspecified atom stereocenters. The Morgan fingerprint density at radius 3 is 2.25 bits per heavy atom. The zero-order valence-electron chi connectivity index (χ0n) is 4.55. The van der Waals surface area contributed by atoms with E-state index in [-0.39, 0.29) is 0 Å². The molecule has 2 fully saturated rings. The smallest absolute Gasteiger partial charge is 0.0139 e. The minimum atomic E-state index is 0.531. The van der Waals surface area contributed by atoms with Gasteiger partial charge in [0.1, 0.15) is 0 Å². The Bertz CT molecular complexity index is 105. The molecule has 3 atom stereocenters. The van der Waals surface area contributed by atoms with E-state index in [1.165, 1.54) is 0 Å². The predicted octanol–water partition coefficient (Wildman–Crippen LogP) is 0.185. The van der Waals surface area contributed by atoms with Gasteiger partial charge in [-0.2, -0.15) is 0 Å². The van der Waals surface area contributed by atoms with E-state index in [4.69, 9.17) is 5.73 Å². The first-order valence-electron chi connectivity index (χ1n) is 2.95. The summed E-state index contributed by atoms with van der Waals surface area (Å²) >= 11 is 3.41. The molecule has 1 saturated heterocycles. The summed E-state index contributed by atoms with van der Waals surface area (Å²) in [6.07, 6.45) is 0. The molecule has 8 heavy (non-hydrogen) atoms. The summed E-state index contributed by atoms with van der Waals surface area (Å²) in [5, 5.41) is 0. The lowest BCUT2D eigenvalue weighted by atomic mass is 10.4. The van der Waals surface area contributed by atoms with Gasteiger partial charge < -0.3 is 5.73 Å². The van der Waals surface area contributed by atoms with E-state index in [0.29, 0.717) is 6.04 Å². The summed E-state index contributed by atoms with van der Waals surface area (Å²) in [5.74, 6) is 1.63. The number of rotatable bonds is 0. The van der Waals surface area contributed by atoms with Crippen LogP contribution in [0, 0.1) is 11.8 Å². The third-order valence-electron chi connectivity index (χ3n) is 2.22. The average Bonchev–Trinajstić information content (AvgIpc) is 2.29. The highest BCUT2D eigenvalue weighted by atomic mass is 79.9. The average molecular weight is 177 g/mol. The second-order valence-electron chi connectivity index (χ2n) is 2.73. The summed E-state index contributed by atoms with van der Waals surface area (Å²) in [6.45, 7) is 2.32.